The van der Waals surface area contributed by atoms with Gasteiger partial charge in [0.05, 0.1) is 11.6 Å². The summed E-state index contributed by atoms with van der Waals surface area (Å²) in [5.41, 5.74) is 2.43. The summed E-state index contributed by atoms with van der Waals surface area (Å²) in [7, 11) is 0. The Morgan fingerprint density at radius 3 is 2.53 bits per heavy atom. The molecule has 1 heterocycles. The van der Waals surface area contributed by atoms with Gasteiger partial charge in [0.25, 0.3) is 0 Å². The molecule has 0 aliphatic rings. The van der Waals surface area contributed by atoms with E-state index < -0.39 is 0 Å². The average Bonchev–Trinajstić information content (AvgIpc) is 2.73. The third kappa shape index (κ3) is 2.61. The highest BCUT2D eigenvalue weighted by molar-refractivity contribution is 7.11. The van der Waals surface area contributed by atoms with Gasteiger partial charge in [0.15, 0.2) is 0 Å². The number of hydrogen-bond acceptors (Lipinski definition) is 2. The SMILES string of the molecule is Cc1ccsc1/C=C(/C#N)c1ccc(F)cc1. The zero-order valence-electron chi connectivity index (χ0n) is 9.27. The molecule has 84 valence electrons. The van der Waals surface area contributed by atoms with Crippen molar-refractivity contribution in [2.45, 2.75) is 6.92 Å². The number of nitriles is 1. The Morgan fingerprint density at radius 2 is 2.00 bits per heavy atom. The molecule has 1 nitrogen and oxygen atoms in total. The Kier molecular flexibility index (Phi) is 3.36. The fourth-order valence-corrected chi connectivity index (χ4v) is 2.33. The Bertz CT molecular complexity index is 587. The highest BCUT2D eigenvalue weighted by Gasteiger charge is 2.03. The van der Waals surface area contributed by atoms with Gasteiger partial charge in [-0.1, -0.05) is 12.1 Å². The van der Waals surface area contributed by atoms with E-state index in [1.54, 1.807) is 23.5 Å². The Balaban J connectivity index is 2.41. The van der Waals surface area contributed by atoms with Crippen molar-refractivity contribution >= 4 is 23.0 Å². The standard InChI is InChI=1S/C14H10FNS/c1-10-6-7-17-14(10)8-12(9-16)11-2-4-13(15)5-3-11/h2-8H,1H3/b12-8-. The summed E-state index contributed by atoms with van der Waals surface area (Å²) in [6.07, 6.45) is 1.84. The molecule has 0 saturated carbocycles. The topological polar surface area (TPSA) is 23.8 Å². The van der Waals surface area contributed by atoms with Crippen LogP contribution in [0.1, 0.15) is 16.0 Å². The predicted octanol–water partition coefficient (Wildman–Crippen LogP) is 4.26. The van der Waals surface area contributed by atoms with Crippen molar-refractivity contribution < 1.29 is 4.39 Å². The molecule has 0 spiro atoms. The van der Waals surface area contributed by atoms with Crippen LogP contribution in [-0.2, 0) is 0 Å². The third-order valence-corrected chi connectivity index (χ3v) is 3.42. The van der Waals surface area contributed by atoms with Crippen molar-refractivity contribution in [3.63, 3.8) is 0 Å². The summed E-state index contributed by atoms with van der Waals surface area (Å²) >= 11 is 1.59. The number of rotatable bonds is 2. The quantitative estimate of drug-likeness (QED) is 0.723. The van der Waals surface area contributed by atoms with Crippen LogP contribution in [0.5, 0.6) is 0 Å². The molecule has 1 aromatic heterocycles. The Morgan fingerprint density at radius 1 is 1.29 bits per heavy atom. The van der Waals surface area contributed by atoms with E-state index in [0.29, 0.717) is 5.57 Å². The van der Waals surface area contributed by atoms with Gasteiger partial charge in [-0.3, -0.25) is 0 Å². The summed E-state index contributed by atoms with van der Waals surface area (Å²) in [4.78, 5) is 1.06. The fraction of sp³-hybridized carbons (Fsp3) is 0.0714. The number of nitrogens with zero attached hydrogens (tertiary/aromatic N) is 1. The van der Waals surface area contributed by atoms with Crippen LogP contribution in [0.25, 0.3) is 11.6 Å². The van der Waals surface area contributed by atoms with Crippen molar-refractivity contribution in [3.05, 3.63) is 57.5 Å². The first kappa shape index (κ1) is 11.6. The molecule has 0 aliphatic heterocycles. The van der Waals surface area contributed by atoms with Crippen molar-refractivity contribution in [1.82, 2.24) is 0 Å². The molecule has 2 aromatic rings. The van der Waals surface area contributed by atoms with Gasteiger partial charge in [-0.05, 0) is 47.7 Å². The van der Waals surface area contributed by atoms with Gasteiger partial charge >= 0.3 is 0 Å². The summed E-state index contributed by atoms with van der Waals surface area (Å²) in [6, 6.07) is 10.1. The van der Waals surface area contributed by atoms with Gasteiger partial charge in [-0.2, -0.15) is 5.26 Å². The van der Waals surface area contributed by atoms with Gasteiger partial charge in [0, 0.05) is 4.88 Å². The minimum absolute atomic E-state index is 0.293. The van der Waals surface area contributed by atoms with Gasteiger partial charge in [-0.25, -0.2) is 4.39 Å². The van der Waals surface area contributed by atoms with E-state index in [0.717, 1.165) is 16.0 Å². The van der Waals surface area contributed by atoms with Crippen molar-refractivity contribution in [2.75, 3.05) is 0 Å². The first-order valence-electron chi connectivity index (χ1n) is 5.12. The summed E-state index contributed by atoms with van der Waals surface area (Å²) in [5.74, 6) is -0.293. The molecule has 17 heavy (non-hydrogen) atoms. The Labute approximate surface area is 103 Å². The van der Waals surface area contributed by atoms with Crippen molar-refractivity contribution in [1.29, 1.82) is 5.26 Å². The summed E-state index contributed by atoms with van der Waals surface area (Å²) in [6.45, 7) is 2.00. The van der Waals surface area contributed by atoms with Crippen molar-refractivity contribution in [2.24, 2.45) is 0 Å². The number of aryl methyl sites for hydroxylation is 1. The van der Waals surface area contributed by atoms with Crippen molar-refractivity contribution in [3.8, 4) is 6.07 Å². The molecular formula is C14H10FNS. The van der Waals surface area contributed by atoms with E-state index in [1.165, 1.54) is 12.1 Å². The predicted molar refractivity (Wildman–Crippen MR) is 68.9 cm³/mol. The van der Waals surface area contributed by atoms with E-state index in [2.05, 4.69) is 6.07 Å². The van der Waals surface area contributed by atoms with E-state index in [-0.39, 0.29) is 5.82 Å². The molecule has 0 radical (unpaired) electrons. The van der Waals surface area contributed by atoms with Gasteiger partial charge in [-0.15, -0.1) is 11.3 Å². The average molecular weight is 243 g/mol. The first-order chi connectivity index (χ1) is 8.20. The molecule has 2 rings (SSSR count). The lowest BCUT2D eigenvalue weighted by molar-refractivity contribution is 0.627. The molecule has 0 unspecified atom stereocenters. The monoisotopic (exact) mass is 243 g/mol. The van der Waals surface area contributed by atoms with Crippen LogP contribution in [0.4, 0.5) is 4.39 Å². The van der Waals surface area contributed by atoms with Crippen LogP contribution in [0.3, 0.4) is 0 Å². The molecular weight excluding hydrogens is 233 g/mol. The lowest BCUT2D eigenvalue weighted by Gasteiger charge is -1.99. The maximum Gasteiger partial charge on any atom is 0.123 e. The maximum atomic E-state index is 12.8. The second kappa shape index (κ2) is 4.94. The smallest absolute Gasteiger partial charge is 0.123 e. The zero-order chi connectivity index (χ0) is 12.3. The maximum absolute atomic E-state index is 12.8. The molecule has 0 atom stereocenters. The van der Waals surface area contributed by atoms with E-state index in [9.17, 15) is 4.39 Å². The normalized spacial score (nSPS) is 11.2. The largest absolute Gasteiger partial charge is 0.207 e. The van der Waals surface area contributed by atoms with E-state index in [1.807, 2.05) is 24.4 Å². The number of hydrogen-bond donors (Lipinski definition) is 0. The van der Waals surface area contributed by atoms with Crippen LogP contribution in [-0.4, -0.2) is 0 Å². The molecule has 0 N–H and O–H groups in total. The Hall–Kier alpha value is -1.92. The highest BCUT2D eigenvalue weighted by Crippen LogP contribution is 2.23. The van der Waals surface area contributed by atoms with E-state index in [4.69, 9.17) is 5.26 Å². The molecule has 1 aromatic carbocycles. The highest BCUT2D eigenvalue weighted by atomic mass is 32.1. The molecule has 0 fully saturated rings. The lowest BCUT2D eigenvalue weighted by Crippen LogP contribution is -1.82. The van der Waals surface area contributed by atoms with Crippen LogP contribution >= 0.6 is 11.3 Å². The number of allylic oxidation sites excluding steroid dienone is 1. The zero-order valence-corrected chi connectivity index (χ0v) is 10.1. The van der Waals surface area contributed by atoms with Gasteiger partial charge < -0.3 is 0 Å². The fourth-order valence-electron chi connectivity index (χ4n) is 1.47. The second-order valence-electron chi connectivity index (χ2n) is 3.64. The summed E-state index contributed by atoms with van der Waals surface area (Å²) < 4.78 is 12.8. The molecule has 0 aliphatic carbocycles. The minimum atomic E-state index is -0.293. The second-order valence-corrected chi connectivity index (χ2v) is 4.59. The number of halogens is 1. The third-order valence-electron chi connectivity index (χ3n) is 2.45. The molecule has 0 saturated heterocycles. The molecule has 0 amide bonds. The van der Waals surface area contributed by atoms with Crippen LogP contribution in [0, 0.1) is 24.1 Å². The van der Waals surface area contributed by atoms with Gasteiger partial charge in [0.1, 0.15) is 5.82 Å². The minimum Gasteiger partial charge on any atom is -0.207 e. The summed E-state index contributed by atoms with van der Waals surface area (Å²) in [5, 5.41) is 11.1. The lowest BCUT2D eigenvalue weighted by atomic mass is 10.1. The molecule has 0 bridgehead atoms. The van der Waals surface area contributed by atoms with Crippen LogP contribution in [0.15, 0.2) is 35.7 Å². The number of thiophene rings is 1. The first-order valence-corrected chi connectivity index (χ1v) is 6.00. The van der Waals surface area contributed by atoms with E-state index >= 15 is 0 Å². The van der Waals surface area contributed by atoms with Gasteiger partial charge in [0.2, 0.25) is 0 Å². The van der Waals surface area contributed by atoms with Crippen LogP contribution < -0.4 is 0 Å². The molecule has 3 heteroatoms. The number of benzene rings is 1. The van der Waals surface area contributed by atoms with Crippen LogP contribution in [0.2, 0.25) is 0 Å².